The first-order valence-electron chi connectivity index (χ1n) is 5.88. The summed E-state index contributed by atoms with van der Waals surface area (Å²) in [7, 11) is 1.59. The van der Waals surface area contributed by atoms with Gasteiger partial charge in [0.05, 0.1) is 19.6 Å². The Morgan fingerprint density at radius 2 is 2.39 bits per heavy atom. The maximum atomic E-state index is 12.1. The Kier molecular flexibility index (Phi) is 4.24. The highest BCUT2D eigenvalue weighted by Crippen LogP contribution is 2.24. The fourth-order valence-electron chi connectivity index (χ4n) is 2.13. The molecule has 2 rings (SSSR count). The van der Waals surface area contributed by atoms with Crippen LogP contribution in [0.15, 0.2) is 22.7 Å². The predicted octanol–water partition coefficient (Wildman–Crippen LogP) is 1.59. The lowest BCUT2D eigenvalue weighted by Crippen LogP contribution is -2.30. The van der Waals surface area contributed by atoms with Crippen LogP contribution in [0.25, 0.3) is 0 Å². The molecule has 0 aliphatic carbocycles. The molecular weight excluding hydrogens is 298 g/mol. The molecule has 0 bridgehead atoms. The van der Waals surface area contributed by atoms with E-state index in [1.165, 1.54) is 0 Å². The lowest BCUT2D eigenvalue weighted by molar-refractivity contribution is -0.129. The zero-order valence-corrected chi connectivity index (χ0v) is 11.8. The number of β-amino-alcohol motifs (C(OH)–C–C–N with tert-alkyl or cyclic N) is 1. The number of halogens is 1. The number of aliphatic hydroxyl groups is 1. The number of benzene rings is 1. The van der Waals surface area contributed by atoms with E-state index in [4.69, 9.17) is 4.74 Å². The average Bonchev–Trinajstić information content (AvgIpc) is 2.76. The van der Waals surface area contributed by atoms with Gasteiger partial charge in [-0.25, -0.2) is 0 Å². The Balaban J connectivity index is 2.09. The van der Waals surface area contributed by atoms with Crippen molar-refractivity contribution in [1.82, 2.24) is 4.90 Å². The molecule has 1 saturated heterocycles. The Hall–Kier alpha value is -1.07. The number of amides is 1. The monoisotopic (exact) mass is 313 g/mol. The number of rotatable bonds is 3. The highest BCUT2D eigenvalue weighted by atomic mass is 79.9. The molecule has 0 spiro atoms. The number of aliphatic hydroxyl groups excluding tert-OH is 1. The van der Waals surface area contributed by atoms with Crippen molar-refractivity contribution in [3.8, 4) is 5.75 Å². The van der Waals surface area contributed by atoms with Crippen LogP contribution in [0.3, 0.4) is 0 Å². The van der Waals surface area contributed by atoms with Crippen molar-refractivity contribution in [3.63, 3.8) is 0 Å². The van der Waals surface area contributed by atoms with Gasteiger partial charge >= 0.3 is 0 Å². The Labute approximate surface area is 115 Å². The number of carbonyl (C=O) groups is 1. The minimum Gasteiger partial charge on any atom is -0.496 e. The van der Waals surface area contributed by atoms with Crippen LogP contribution in [-0.2, 0) is 11.2 Å². The van der Waals surface area contributed by atoms with Crippen LogP contribution in [0.4, 0.5) is 0 Å². The Bertz CT molecular complexity index is 450. The first kappa shape index (κ1) is 13.4. The summed E-state index contributed by atoms with van der Waals surface area (Å²) in [6, 6.07) is 5.61. The highest BCUT2D eigenvalue weighted by Gasteiger charge is 2.25. The molecule has 0 unspecified atom stereocenters. The number of nitrogens with zero attached hydrogens (tertiary/aromatic N) is 1. The van der Waals surface area contributed by atoms with E-state index in [1.54, 1.807) is 12.0 Å². The van der Waals surface area contributed by atoms with E-state index in [1.807, 2.05) is 18.2 Å². The zero-order valence-electron chi connectivity index (χ0n) is 10.2. The molecule has 0 saturated carbocycles. The fraction of sp³-hybridized carbons (Fsp3) is 0.462. The average molecular weight is 314 g/mol. The van der Waals surface area contributed by atoms with Crippen molar-refractivity contribution in [2.45, 2.75) is 18.9 Å². The molecule has 4 nitrogen and oxygen atoms in total. The molecule has 1 aliphatic heterocycles. The maximum absolute atomic E-state index is 12.1. The van der Waals surface area contributed by atoms with E-state index in [9.17, 15) is 9.90 Å². The molecule has 1 aromatic rings. The summed E-state index contributed by atoms with van der Waals surface area (Å²) in [4.78, 5) is 13.8. The number of ether oxygens (including phenoxy) is 1. The normalized spacial score (nSPS) is 19.1. The van der Waals surface area contributed by atoms with E-state index >= 15 is 0 Å². The highest BCUT2D eigenvalue weighted by molar-refractivity contribution is 9.10. The summed E-state index contributed by atoms with van der Waals surface area (Å²) in [6.45, 7) is 1.07. The molecule has 1 amide bonds. The van der Waals surface area contributed by atoms with Crippen molar-refractivity contribution in [2.24, 2.45) is 0 Å². The van der Waals surface area contributed by atoms with Crippen LogP contribution in [0.2, 0.25) is 0 Å². The second kappa shape index (κ2) is 5.71. The molecule has 18 heavy (non-hydrogen) atoms. The van der Waals surface area contributed by atoms with Crippen LogP contribution < -0.4 is 4.74 Å². The summed E-state index contributed by atoms with van der Waals surface area (Å²) in [5.74, 6) is 0.745. The summed E-state index contributed by atoms with van der Waals surface area (Å²) >= 11 is 3.39. The van der Waals surface area contributed by atoms with Gasteiger partial charge < -0.3 is 14.7 Å². The minimum atomic E-state index is -0.377. The molecule has 1 aliphatic rings. The van der Waals surface area contributed by atoms with E-state index in [2.05, 4.69) is 15.9 Å². The van der Waals surface area contributed by atoms with Crippen molar-refractivity contribution < 1.29 is 14.6 Å². The molecule has 1 atom stereocenters. The van der Waals surface area contributed by atoms with Crippen molar-refractivity contribution >= 4 is 21.8 Å². The minimum absolute atomic E-state index is 0.0305. The standard InChI is InChI=1S/C13H16BrNO3/c1-18-12-3-2-10(14)6-9(12)7-13(17)15-5-4-11(16)8-15/h2-3,6,11,16H,4-5,7-8H2,1H3/t11-/m1/s1. The summed E-state index contributed by atoms with van der Waals surface area (Å²) in [6.07, 6.45) is 0.592. The summed E-state index contributed by atoms with van der Waals surface area (Å²) < 4.78 is 6.17. The molecule has 0 aromatic heterocycles. The molecule has 1 aromatic carbocycles. The van der Waals surface area contributed by atoms with Gasteiger partial charge in [-0.15, -0.1) is 0 Å². The van der Waals surface area contributed by atoms with E-state index in [-0.39, 0.29) is 12.0 Å². The first-order chi connectivity index (χ1) is 8.60. The summed E-state index contributed by atoms with van der Waals surface area (Å²) in [5.41, 5.74) is 0.860. The molecular formula is C13H16BrNO3. The quantitative estimate of drug-likeness (QED) is 0.922. The predicted molar refractivity (Wildman–Crippen MR) is 71.6 cm³/mol. The lowest BCUT2D eigenvalue weighted by atomic mass is 10.1. The smallest absolute Gasteiger partial charge is 0.227 e. The van der Waals surface area contributed by atoms with Gasteiger partial charge in [-0.3, -0.25) is 4.79 Å². The number of methoxy groups -OCH3 is 1. The second-order valence-corrected chi connectivity index (χ2v) is 5.33. The topological polar surface area (TPSA) is 49.8 Å². The van der Waals surface area contributed by atoms with E-state index in [0.29, 0.717) is 31.7 Å². The first-order valence-corrected chi connectivity index (χ1v) is 6.67. The van der Waals surface area contributed by atoms with Crippen LogP contribution in [-0.4, -0.2) is 42.2 Å². The van der Waals surface area contributed by atoms with Gasteiger partial charge in [0.25, 0.3) is 0 Å². The van der Waals surface area contributed by atoms with Gasteiger partial charge in [-0.2, -0.15) is 0 Å². The fourth-order valence-corrected chi connectivity index (χ4v) is 2.54. The number of hydrogen-bond donors (Lipinski definition) is 1. The van der Waals surface area contributed by atoms with Crippen LogP contribution >= 0.6 is 15.9 Å². The van der Waals surface area contributed by atoms with E-state index < -0.39 is 0 Å². The van der Waals surface area contributed by atoms with E-state index in [0.717, 1.165) is 10.0 Å². The van der Waals surface area contributed by atoms with Gasteiger partial charge in [0.1, 0.15) is 5.75 Å². The number of hydrogen-bond acceptors (Lipinski definition) is 3. The van der Waals surface area contributed by atoms with Crippen LogP contribution in [0.1, 0.15) is 12.0 Å². The molecule has 98 valence electrons. The second-order valence-electron chi connectivity index (χ2n) is 4.42. The van der Waals surface area contributed by atoms with Gasteiger partial charge in [-0.05, 0) is 24.6 Å². The van der Waals surface area contributed by atoms with Crippen molar-refractivity contribution in [2.75, 3.05) is 20.2 Å². The maximum Gasteiger partial charge on any atom is 0.227 e. The van der Waals surface area contributed by atoms with Crippen LogP contribution in [0.5, 0.6) is 5.75 Å². The van der Waals surface area contributed by atoms with Crippen molar-refractivity contribution in [1.29, 1.82) is 0 Å². The van der Waals surface area contributed by atoms with Crippen LogP contribution in [0, 0.1) is 0 Å². The third-order valence-electron chi connectivity index (χ3n) is 3.10. The molecule has 5 heteroatoms. The largest absolute Gasteiger partial charge is 0.496 e. The van der Waals surface area contributed by atoms with Gasteiger partial charge in [0, 0.05) is 23.1 Å². The van der Waals surface area contributed by atoms with Gasteiger partial charge in [0.2, 0.25) is 5.91 Å². The third kappa shape index (κ3) is 3.03. The zero-order chi connectivity index (χ0) is 13.1. The molecule has 0 radical (unpaired) electrons. The molecule has 1 N–H and O–H groups in total. The molecule has 1 fully saturated rings. The molecule has 1 heterocycles. The third-order valence-corrected chi connectivity index (χ3v) is 3.59. The van der Waals surface area contributed by atoms with Crippen molar-refractivity contribution in [3.05, 3.63) is 28.2 Å². The number of likely N-dealkylation sites (tertiary alicyclic amines) is 1. The lowest BCUT2D eigenvalue weighted by Gasteiger charge is -2.16. The summed E-state index contributed by atoms with van der Waals surface area (Å²) in [5, 5.41) is 9.43. The Morgan fingerprint density at radius 3 is 3.00 bits per heavy atom. The van der Waals surface area contributed by atoms with Gasteiger partial charge in [0.15, 0.2) is 0 Å². The Morgan fingerprint density at radius 1 is 1.61 bits per heavy atom. The SMILES string of the molecule is COc1ccc(Br)cc1CC(=O)N1CC[C@@H](O)C1. The van der Waals surface area contributed by atoms with Gasteiger partial charge in [-0.1, -0.05) is 15.9 Å². The number of carbonyl (C=O) groups excluding carboxylic acids is 1.